The SMILES string of the molecule is CC(C)C(N)c1ccc(-c2ccc(F)cc2)s1. The van der Waals surface area contributed by atoms with Crippen LogP contribution in [0, 0.1) is 11.7 Å². The number of nitrogens with two attached hydrogens (primary N) is 1. The van der Waals surface area contributed by atoms with E-state index < -0.39 is 0 Å². The molecule has 1 aromatic carbocycles. The Morgan fingerprint density at radius 2 is 1.71 bits per heavy atom. The van der Waals surface area contributed by atoms with E-state index in [1.807, 2.05) is 0 Å². The summed E-state index contributed by atoms with van der Waals surface area (Å²) < 4.78 is 12.8. The maximum atomic E-state index is 12.8. The van der Waals surface area contributed by atoms with Gasteiger partial charge in [-0.25, -0.2) is 4.39 Å². The lowest BCUT2D eigenvalue weighted by Gasteiger charge is -2.12. The van der Waals surface area contributed by atoms with Crippen molar-refractivity contribution < 1.29 is 4.39 Å². The topological polar surface area (TPSA) is 26.0 Å². The molecule has 0 aliphatic carbocycles. The van der Waals surface area contributed by atoms with Crippen LogP contribution >= 0.6 is 11.3 Å². The molecule has 1 aromatic heterocycles. The second kappa shape index (κ2) is 4.98. The quantitative estimate of drug-likeness (QED) is 0.866. The molecule has 0 aliphatic heterocycles. The maximum Gasteiger partial charge on any atom is 0.123 e. The summed E-state index contributed by atoms with van der Waals surface area (Å²) in [5.41, 5.74) is 7.14. The molecule has 3 heteroatoms. The van der Waals surface area contributed by atoms with Gasteiger partial charge in [0.2, 0.25) is 0 Å². The molecule has 0 saturated carbocycles. The van der Waals surface area contributed by atoms with Crippen LogP contribution in [0.1, 0.15) is 24.8 Å². The van der Waals surface area contributed by atoms with Crippen LogP contribution in [0.25, 0.3) is 10.4 Å². The zero-order valence-corrected chi connectivity index (χ0v) is 10.8. The Labute approximate surface area is 105 Å². The van der Waals surface area contributed by atoms with Gasteiger partial charge in [0.05, 0.1) is 0 Å². The molecular weight excluding hydrogens is 233 g/mol. The Morgan fingerprint density at radius 1 is 1.06 bits per heavy atom. The molecule has 0 saturated heterocycles. The van der Waals surface area contributed by atoms with Crippen LogP contribution in [0.4, 0.5) is 4.39 Å². The Morgan fingerprint density at radius 3 is 2.29 bits per heavy atom. The summed E-state index contributed by atoms with van der Waals surface area (Å²) in [5, 5.41) is 0. The molecule has 17 heavy (non-hydrogen) atoms. The number of halogens is 1. The van der Waals surface area contributed by atoms with Crippen LogP contribution in [0.2, 0.25) is 0 Å². The van der Waals surface area contributed by atoms with E-state index in [4.69, 9.17) is 5.73 Å². The first kappa shape index (κ1) is 12.3. The standard InChI is InChI=1S/C14H16FNS/c1-9(2)14(16)13-8-7-12(17-13)10-3-5-11(15)6-4-10/h3-9,14H,16H2,1-2H3. The third-order valence-corrected chi connectivity index (χ3v) is 4.04. The van der Waals surface area contributed by atoms with E-state index in [0.717, 1.165) is 10.4 Å². The van der Waals surface area contributed by atoms with E-state index in [-0.39, 0.29) is 11.9 Å². The number of hydrogen-bond donors (Lipinski definition) is 1. The normalized spacial score (nSPS) is 13.0. The molecular formula is C14H16FNS. The second-order valence-electron chi connectivity index (χ2n) is 4.48. The summed E-state index contributed by atoms with van der Waals surface area (Å²) in [7, 11) is 0. The van der Waals surface area contributed by atoms with Crippen molar-refractivity contribution in [1.82, 2.24) is 0 Å². The minimum Gasteiger partial charge on any atom is -0.323 e. The first-order chi connectivity index (χ1) is 8.08. The van der Waals surface area contributed by atoms with Gasteiger partial charge in [-0.2, -0.15) is 0 Å². The van der Waals surface area contributed by atoms with Crippen LogP contribution in [0.3, 0.4) is 0 Å². The third kappa shape index (κ3) is 2.73. The molecule has 2 rings (SSSR count). The molecule has 0 amide bonds. The van der Waals surface area contributed by atoms with Crippen molar-refractivity contribution in [3.8, 4) is 10.4 Å². The molecule has 2 aromatic rings. The number of benzene rings is 1. The smallest absolute Gasteiger partial charge is 0.123 e. The minimum atomic E-state index is -0.204. The fourth-order valence-electron chi connectivity index (χ4n) is 1.63. The van der Waals surface area contributed by atoms with Crippen molar-refractivity contribution >= 4 is 11.3 Å². The summed E-state index contributed by atoms with van der Waals surface area (Å²) in [5.74, 6) is 0.221. The lowest BCUT2D eigenvalue weighted by Crippen LogP contribution is -2.14. The average Bonchev–Trinajstić information content (AvgIpc) is 2.78. The highest BCUT2D eigenvalue weighted by Gasteiger charge is 2.13. The first-order valence-electron chi connectivity index (χ1n) is 5.69. The van der Waals surface area contributed by atoms with E-state index in [1.165, 1.54) is 17.0 Å². The van der Waals surface area contributed by atoms with Crippen molar-refractivity contribution in [3.05, 3.63) is 47.1 Å². The van der Waals surface area contributed by atoms with E-state index in [1.54, 1.807) is 23.5 Å². The van der Waals surface area contributed by atoms with E-state index >= 15 is 0 Å². The molecule has 90 valence electrons. The van der Waals surface area contributed by atoms with Gasteiger partial charge in [-0.15, -0.1) is 11.3 Å². The highest BCUT2D eigenvalue weighted by atomic mass is 32.1. The third-order valence-electron chi connectivity index (χ3n) is 2.80. The summed E-state index contributed by atoms with van der Waals surface area (Å²) in [6.45, 7) is 4.23. The Hall–Kier alpha value is -1.19. The molecule has 0 radical (unpaired) electrons. The van der Waals surface area contributed by atoms with Crippen LogP contribution in [0.15, 0.2) is 36.4 Å². The van der Waals surface area contributed by atoms with Gasteiger partial charge in [0, 0.05) is 15.8 Å². The fraction of sp³-hybridized carbons (Fsp3) is 0.286. The molecule has 1 unspecified atom stereocenters. The highest BCUT2D eigenvalue weighted by Crippen LogP contribution is 2.32. The number of rotatable bonds is 3. The number of hydrogen-bond acceptors (Lipinski definition) is 2. The van der Waals surface area contributed by atoms with Gasteiger partial charge in [0.15, 0.2) is 0 Å². The highest BCUT2D eigenvalue weighted by molar-refractivity contribution is 7.15. The van der Waals surface area contributed by atoms with Crippen molar-refractivity contribution in [2.45, 2.75) is 19.9 Å². The van der Waals surface area contributed by atoms with Gasteiger partial charge < -0.3 is 5.73 Å². The molecule has 0 aliphatic rings. The van der Waals surface area contributed by atoms with E-state index in [2.05, 4.69) is 26.0 Å². The van der Waals surface area contributed by atoms with Gasteiger partial charge >= 0.3 is 0 Å². The summed E-state index contributed by atoms with van der Waals surface area (Å²) in [6.07, 6.45) is 0. The summed E-state index contributed by atoms with van der Waals surface area (Å²) in [4.78, 5) is 2.32. The van der Waals surface area contributed by atoms with E-state index in [9.17, 15) is 4.39 Å². The van der Waals surface area contributed by atoms with Crippen molar-refractivity contribution in [1.29, 1.82) is 0 Å². The monoisotopic (exact) mass is 249 g/mol. The van der Waals surface area contributed by atoms with Crippen LogP contribution in [-0.2, 0) is 0 Å². The van der Waals surface area contributed by atoms with Gasteiger partial charge in [-0.05, 0) is 35.7 Å². The number of thiophene rings is 1. The van der Waals surface area contributed by atoms with Crippen molar-refractivity contribution in [2.24, 2.45) is 11.7 Å². The predicted octanol–water partition coefficient (Wildman–Crippen LogP) is 4.21. The molecule has 1 atom stereocenters. The first-order valence-corrected chi connectivity index (χ1v) is 6.51. The maximum absolute atomic E-state index is 12.8. The molecule has 0 bridgehead atoms. The summed E-state index contributed by atoms with van der Waals surface area (Å²) in [6, 6.07) is 10.8. The Kier molecular flexibility index (Phi) is 3.60. The van der Waals surface area contributed by atoms with Gasteiger partial charge in [0.25, 0.3) is 0 Å². The van der Waals surface area contributed by atoms with Crippen molar-refractivity contribution in [2.75, 3.05) is 0 Å². The molecule has 0 fully saturated rings. The Balaban J connectivity index is 2.26. The minimum absolute atomic E-state index is 0.0780. The van der Waals surface area contributed by atoms with Crippen LogP contribution < -0.4 is 5.73 Å². The lowest BCUT2D eigenvalue weighted by molar-refractivity contribution is 0.521. The second-order valence-corrected chi connectivity index (χ2v) is 5.59. The van der Waals surface area contributed by atoms with Gasteiger partial charge in [-0.3, -0.25) is 0 Å². The van der Waals surface area contributed by atoms with Gasteiger partial charge in [0.1, 0.15) is 5.82 Å². The van der Waals surface area contributed by atoms with Crippen LogP contribution in [-0.4, -0.2) is 0 Å². The largest absolute Gasteiger partial charge is 0.323 e. The van der Waals surface area contributed by atoms with E-state index in [0.29, 0.717) is 5.92 Å². The van der Waals surface area contributed by atoms with Gasteiger partial charge in [-0.1, -0.05) is 26.0 Å². The Bertz CT molecular complexity index is 487. The fourth-order valence-corrected chi connectivity index (χ4v) is 2.82. The summed E-state index contributed by atoms with van der Waals surface area (Å²) >= 11 is 1.68. The molecule has 1 nitrogen and oxygen atoms in total. The van der Waals surface area contributed by atoms with Crippen molar-refractivity contribution in [3.63, 3.8) is 0 Å². The predicted molar refractivity (Wildman–Crippen MR) is 71.5 cm³/mol. The van der Waals surface area contributed by atoms with Crippen LogP contribution in [0.5, 0.6) is 0 Å². The molecule has 1 heterocycles. The average molecular weight is 249 g/mol. The lowest BCUT2D eigenvalue weighted by atomic mass is 10.0. The zero-order chi connectivity index (χ0) is 12.4. The molecule has 0 spiro atoms. The molecule has 2 N–H and O–H groups in total. The zero-order valence-electron chi connectivity index (χ0n) is 9.98.